The quantitative estimate of drug-likeness (QED) is 0.733. The van der Waals surface area contributed by atoms with Crippen molar-refractivity contribution < 1.29 is 4.39 Å². The Kier molecular flexibility index (Phi) is 2.71. The Morgan fingerprint density at radius 2 is 2.00 bits per heavy atom. The van der Waals surface area contributed by atoms with Gasteiger partial charge in [-0.2, -0.15) is 0 Å². The molecule has 70 valence electrons. The van der Waals surface area contributed by atoms with E-state index in [1.807, 2.05) is 19.9 Å². The van der Waals surface area contributed by atoms with E-state index in [0.717, 1.165) is 16.9 Å². The minimum Gasteiger partial charge on any atom is -0.360 e. The van der Waals surface area contributed by atoms with E-state index in [-0.39, 0.29) is 5.82 Å². The Bertz CT molecular complexity index is 319. The summed E-state index contributed by atoms with van der Waals surface area (Å²) in [7, 11) is 0. The summed E-state index contributed by atoms with van der Waals surface area (Å²) in [4.78, 5) is 0. The van der Waals surface area contributed by atoms with Crippen molar-refractivity contribution in [2.45, 2.75) is 20.8 Å². The normalized spacial score (nSPS) is 9.85. The van der Waals surface area contributed by atoms with Crippen LogP contribution in [0, 0.1) is 19.7 Å². The Labute approximate surface area is 78.3 Å². The van der Waals surface area contributed by atoms with Gasteiger partial charge in [-0.05, 0) is 44.0 Å². The number of hydrogen-bond donors (Lipinski definition) is 1. The number of rotatable bonds is 2. The van der Waals surface area contributed by atoms with Crippen LogP contribution in [0.2, 0.25) is 0 Å². The molecule has 0 fully saturated rings. The minimum absolute atomic E-state index is 0.177. The van der Waals surface area contributed by atoms with E-state index in [1.54, 1.807) is 6.92 Å². The number of halogens is 1. The van der Waals surface area contributed by atoms with Crippen LogP contribution < -0.4 is 5.32 Å². The van der Waals surface area contributed by atoms with E-state index in [1.165, 1.54) is 6.07 Å². The Morgan fingerprint density at radius 1 is 1.38 bits per heavy atom. The maximum atomic E-state index is 13.2. The summed E-state index contributed by atoms with van der Waals surface area (Å²) in [6.07, 6.45) is 0. The zero-order chi connectivity index (χ0) is 10.0. The van der Waals surface area contributed by atoms with Gasteiger partial charge in [0.05, 0.1) is 0 Å². The molecule has 1 N–H and O–H groups in total. The molecular formula is C11H14FN. The van der Waals surface area contributed by atoms with Crippen LogP contribution in [0.4, 0.5) is 10.1 Å². The first kappa shape index (κ1) is 9.78. The molecule has 0 aromatic heterocycles. The summed E-state index contributed by atoms with van der Waals surface area (Å²) in [5, 5.41) is 2.98. The van der Waals surface area contributed by atoms with Crippen molar-refractivity contribution in [3.05, 3.63) is 41.4 Å². The highest BCUT2D eigenvalue weighted by atomic mass is 19.1. The molecule has 0 saturated heterocycles. The van der Waals surface area contributed by atoms with Crippen LogP contribution in [0.15, 0.2) is 24.4 Å². The minimum atomic E-state index is -0.177. The Hall–Kier alpha value is -1.31. The largest absolute Gasteiger partial charge is 0.360 e. The standard InChI is InChI=1S/C11H14FN/c1-7(2)13-10-5-8(3)9(4)11(12)6-10/h5-6,13H,1H2,2-4H3. The molecule has 1 rings (SSSR count). The van der Waals surface area contributed by atoms with E-state index in [9.17, 15) is 4.39 Å². The number of allylic oxidation sites excluding steroid dienone is 1. The zero-order valence-corrected chi connectivity index (χ0v) is 8.24. The van der Waals surface area contributed by atoms with Gasteiger partial charge in [0.2, 0.25) is 0 Å². The number of anilines is 1. The van der Waals surface area contributed by atoms with Gasteiger partial charge in [0, 0.05) is 11.4 Å². The first-order valence-electron chi connectivity index (χ1n) is 4.20. The highest BCUT2D eigenvalue weighted by Gasteiger charge is 2.02. The topological polar surface area (TPSA) is 12.0 Å². The van der Waals surface area contributed by atoms with Gasteiger partial charge in [-0.1, -0.05) is 6.58 Å². The summed E-state index contributed by atoms with van der Waals surface area (Å²) >= 11 is 0. The Morgan fingerprint density at radius 3 is 2.46 bits per heavy atom. The molecule has 1 nitrogen and oxygen atoms in total. The lowest BCUT2D eigenvalue weighted by Gasteiger charge is -2.08. The van der Waals surface area contributed by atoms with Crippen LogP contribution in [-0.4, -0.2) is 0 Å². The predicted molar refractivity (Wildman–Crippen MR) is 54.3 cm³/mol. The van der Waals surface area contributed by atoms with Crippen LogP contribution in [0.25, 0.3) is 0 Å². The smallest absolute Gasteiger partial charge is 0.128 e. The monoisotopic (exact) mass is 179 g/mol. The molecule has 2 heteroatoms. The summed E-state index contributed by atoms with van der Waals surface area (Å²) < 4.78 is 13.2. The molecule has 0 unspecified atom stereocenters. The van der Waals surface area contributed by atoms with Gasteiger partial charge in [0.25, 0.3) is 0 Å². The van der Waals surface area contributed by atoms with E-state index >= 15 is 0 Å². The third kappa shape index (κ3) is 2.31. The average molecular weight is 179 g/mol. The molecule has 1 aromatic rings. The van der Waals surface area contributed by atoms with Gasteiger partial charge in [-0.25, -0.2) is 4.39 Å². The zero-order valence-electron chi connectivity index (χ0n) is 8.24. The number of aryl methyl sites for hydroxylation is 1. The summed E-state index contributed by atoms with van der Waals surface area (Å²) in [6.45, 7) is 9.20. The van der Waals surface area contributed by atoms with Crippen LogP contribution >= 0.6 is 0 Å². The van der Waals surface area contributed by atoms with Crippen LogP contribution in [0.3, 0.4) is 0 Å². The maximum Gasteiger partial charge on any atom is 0.128 e. The molecule has 0 heterocycles. The highest BCUT2D eigenvalue weighted by molar-refractivity contribution is 5.51. The Balaban J connectivity index is 3.06. The van der Waals surface area contributed by atoms with Gasteiger partial charge in [-0.3, -0.25) is 0 Å². The first-order valence-corrected chi connectivity index (χ1v) is 4.20. The summed E-state index contributed by atoms with van der Waals surface area (Å²) in [5.41, 5.74) is 3.21. The molecular weight excluding hydrogens is 165 g/mol. The van der Waals surface area contributed by atoms with Crippen molar-refractivity contribution in [3.63, 3.8) is 0 Å². The fourth-order valence-corrected chi connectivity index (χ4v) is 1.13. The van der Waals surface area contributed by atoms with Crippen molar-refractivity contribution in [3.8, 4) is 0 Å². The van der Waals surface area contributed by atoms with Crippen LogP contribution in [-0.2, 0) is 0 Å². The summed E-state index contributed by atoms with van der Waals surface area (Å²) in [5.74, 6) is -0.177. The molecule has 0 aliphatic heterocycles. The van der Waals surface area contributed by atoms with Crippen LogP contribution in [0.5, 0.6) is 0 Å². The number of benzene rings is 1. The molecule has 0 bridgehead atoms. The van der Waals surface area contributed by atoms with Crippen molar-refractivity contribution in [2.24, 2.45) is 0 Å². The van der Waals surface area contributed by atoms with E-state index in [0.29, 0.717) is 5.56 Å². The number of hydrogen-bond acceptors (Lipinski definition) is 1. The van der Waals surface area contributed by atoms with Gasteiger partial charge in [0.1, 0.15) is 5.82 Å². The first-order chi connectivity index (χ1) is 6.00. The fourth-order valence-electron chi connectivity index (χ4n) is 1.13. The lowest BCUT2D eigenvalue weighted by Crippen LogP contribution is -1.96. The predicted octanol–water partition coefficient (Wildman–Crippen LogP) is 3.39. The molecule has 0 amide bonds. The molecule has 0 spiro atoms. The number of nitrogens with one attached hydrogen (secondary N) is 1. The second-order valence-electron chi connectivity index (χ2n) is 3.31. The molecule has 1 aromatic carbocycles. The molecule has 0 atom stereocenters. The van der Waals surface area contributed by atoms with Gasteiger partial charge < -0.3 is 5.32 Å². The van der Waals surface area contributed by atoms with Gasteiger partial charge >= 0.3 is 0 Å². The average Bonchev–Trinajstić information content (AvgIpc) is 1.98. The van der Waals surface area contributed by atoms with Crippen molar-refractivity contribution in [1.29, 1.82) is 0 Å². The highest BCUT2D eigenvalue weighted by Crippen LogP contribution is 2.19. The summed E-state index contributed by atoms with van der Waals surface area (Å²) in [6, 6.07) is 3.39. The third-order valence-corrected chi connectivity index (χ3v) is 1.96. The molecule has 0 aliphatic carbocycles. The van der Waals surface area contributed by atoms with E-state index in [2.05, 4.69) is 11.9 Å². The van der Waals surface area contributed by atoms with Gasteiger partial charge in [0.15, 0.2) is 0 Å². The molecule has 0 aliphatic rings. The molecule has 13 heavy (non-hydrogen) atoms. The van der Waals surface area contributed by atoms with Crippen LogP contribution in [0.1, 0.15) is 18.1 Å². The van der Waals surface area contributed by atoms with Crippen molar-refractivity contribution in [1.82, 2.24) is 0 Å². The maximum absolute atomic E-state index is 13.2. The molecule has 0 radical (unpaired) electrons. The second-order valence-corrected chi connectivity index (χ2v) is 3.31. The third-order valence-electron chi connectivity index (χ3n) is 1.96. The SMILES string of the molecule is C=C(C)Nc1cc(C)c(C)c(F)c1. The van der Waals surface area contributed by atoms with Crippen molar-refractivity contribution >= 4 is 5.69 Å². The van der Waals surface area contributed by atoms with E-state index < -0.39 is 0 Å². The second kappa shape index (κ2) is 3.60. The van der Waals surface area contributed by atoms with Crippen molar-refractivity contribution in [2.75, 3.05) is 5.32 Å². The van der Waals surface area contributed by atoms with Gasteiger partial charge in [-0.15, -0.1) is 0 Å². The fraction of sp³-hybridized carbons (Fsp3) is 0.273. The van der Waals surface area contributed by atoms with E-state index in [4.69, 9.17) is 0 Å². The molecule has 0 saturated carbocycles. The lowest BCUT2D eigenvalue weighted by atomic mass is 10.1. The lowest BCUT2D eigenvalue weighted by molar-refractivity contribution is 0.617.